The molecule has 1 N–H and O–H groups in total. The summed E-state index contributed by atoms with van der Waals surface area (Å²) in [5, 5.41) is 10.8. The van der Waals surface area contributed by atoms with Crippen molar-refractivity contribution in [2.45, 2.75) is 44.6 Å². The van der Waals surface area contributed by atoms with Crippen LogP contribution < -0.4 is 0 Å². The normalized spacial score (nSPS) is 23.3. The standard InChI is InChI=1S/C22H26O2/c23-21(18-12-6-2-7-13-18)20-15-9-3-8-14-19(22(20)24)16-17-10-4-1-5-11-17/h1-2,4-7,10-13,19-21,23H,3,8-9,14-16H2. The summed E-state index contributed by atoms with van der Waals surface area (Å²) in [5.74, 6) is -0.00705. The van der Waals surface area contributed by atoms with Gasteiger partial charge in [-0.05, 0) is 30.4 Å². The molecule has 2 nitrogen and oxygen atoms in total. The molecule has 3 atom stereocenters. The van der Waals surface area contributed by atoms with Crippen LogP contribution in [0.4, 0.5) is 0 Å². The number of carbonyl (C=O) groups is 1. The summed E-state index contributed by atoms with van der Waals surface area (Å²) in [6, 6.07) is 19.9. The molecule has 126 valence electrons. The molecule has 1 aliphatic carbocycles. The van der Waals surface area contributed by atoms with Gasteiger partial charge in [-0.1, -0.05) is 79.9 Å². The first kappa shape index (κ1) is 16.9. The van der Waals surface area contributed by atoms with E-state index in [1.807, 2.05) is 48.5 Å². The second-order valence-electron chi connectivity index (χ2n) is 6.89. The predicted molar refractivity (Wildman–Crippen MR) is 96.6 cm³/mol. The lowest BCUT2D eigenvalue weighted by Crippen LogP contribution is -2.31. The third kappa shape index (κ3) is 4.12. The number of ketones is 1. The molecule has 3 rings (SSSR count). The fourth-order valence-corrected chi connectivity index (χ4v) is 3.82. The zero-order valence-corrected chi connectivity index (χ0v) is 14.1. The van der Waals surface area contributed by atoms with Crippen molar-refractivity contribution in [3.63, 3.8) is 0 Å². The van der Waals surface area contributed by atoms with E-state index >= 15 is 0 Å². The quantitative estimate of drug-likeness (QED) is 0.883. The smallest absolute Gasteiger partial charge is 0.142 e. The average Bonchev–Trinajstić information content (AvgIpc) is 2.63. The minimum absolute atomic E-state index is 0.0241. The Morgan fingerprint density at radius 3 is 2.21 bits per heavy atom. The Morgan fingerprint density at radius 1 is 0.875 bits per heavy atom. The number of benzene rings is 2. The van der Waals surface area contributed by atoms with E-state index in [0.29, 0.717) is 0 Å². The molecule has 2 aromatic carbocycles. The van der Waals surface area contributed by atoms with Crippen LogP contribution in [-0.2, 0) is 11.2 Å². The highest BCUT2D eigenvalue weighted by Crippen LogP contribution is 2.34. The lowest BCUT2D eigenvalue weighted by Gasteiger charge is -2.29. The largest absolute Gasteiger partial charge is 0.388 e. The van der Waals surface area contributed by atoms with E-state index in [1.165, 1.54) is 5.56 Å². The van der Waals surface area contributed by atoms with Gasteiger partial charge in [-0.25, -0.2) is 0 Å². The molecule has 0 spiro atoms. The van der Waals surface area contributed by atoms with E-state index < -0.39 is 6.10 Å². The highest BCUT2D eigenvalue weighted by Gasteiger charge is 2.33. The lowest BCUT2D eigenvalue weighted by molar-refractivity contribution is -0.131. The Bertz CT molecular complexity index is 636. The molecule has 2 heteroatoms. The first-order chi connectivity index (χ1) is 11.8. The van der Waals surface area contributed by atoms with Crippen molar-refractivity contribution in [2.24, 2.45) is 11.8 Å². The third-order valence-electron chi connectivity index (χ3n) is 5.18. The molecule has 0 aliphatic heterocycles. The van der Waals surface area contributed by atoms with Gasteiger partial charge < -0.3 is 5.11 Å². The Labute approximate surface area is 144 Å². The number of rotatable bonds is 4. The summed E-state index contributed by atoms with van der Waals surface area (Å²) in [6.07, 6.45) is 5.12. The van der Waals surface area contributed by atoms with Crippen molar-refractivity contribution in [1.82, 2.24) is 0 Å². The zero-order chi connectivity index (χ0) is 16.8. The van der Waals surface area contributed by atoms with Gasteiger partial charge >= 0.3 is 0 Å². The van der Waals surface area contributed by atoms with Gasteiger partial charge in [0.25, 0.3) is 0 Å². The maximum Gasteiger partial charge on any atom is 0.142 e. The van der Waals surface area contributed by atoms with Crippen molar-refractivity contribution in [3.8, 4) is 0 Å². The second kappa shape index (κ2) is 8.25. The van der Waals surface area contributed by atoms with E-state index in [0.717, 1.165) is 44.1 Å². The Balaban J connectivity index is 1.78. The molecule has 0 bridgehead atoms. The number of carbonyl (C=O) groups excluding carboxylic acids is 1. The molecule has 0 radical (unpaired) electrons. The number of Topliss-reactive ketones (excluding diaryl/α,β-unsaturated/α-hetero) is 1. The molecular formula is C22H26O2. The number of aliphatic hydroxyl groups excluding tert-OH is 1. The first-order valence-corrected chi connectivity index (χ1v) is 9.06. The van der Waals surface area contributed by atoms with Crippen molar-refractivity contribution in [3.05, 3.63) is 71.8 Å². The van der Waals surface area contributed by atoms with Crippen LogP contribution in [0.1, 0.15) is 49.3 Å². The van der Waals surface area contributed by atoms with Gasteiger partial charge in [0.2, 0.25) is 0 Å². The van der Waals surface area contributed by atoms with Crippen LogP contribution in [-0.4, -0.2) is 10.9 Å². The van der Waals surface area contributed by atoms with Crippen LogP contribution >= 0.6 is 0 Å². The SMILES string of the molecule is O=C1C(Cc2ccccc2)CCCCCC1C(O)c1ccccc1. The molecule has 2 aromatic rings. The fraction of sp³-hybridized carbons (Fsp3) is 0.409. The van der Waals surface area contributed by atoms with Crippen LogP contribution in [0.25, 0.3) is 0 Å². The van der Waals surface area contributed by atoms with Crippen molar-refractivity contribution < 1.29 is 9.90 Å². The number of hydrogen-bond acceptors (Lipinski definition) is 2. The zero-order valence-electron chi connectivity index (χ0n) is 14.1. The molecule has 1 saturated carbocycles. The van der Waals surface area contributed by atoms with Crippen LogP contribution in [0, 0.1) is 11.8 Å². The molecule has 1 aliphatic rings. The molecule has 0 heterocycles. The summed E-state index contributed by atoms with van der Waals surface area (Å²) in [6.45, 7) is 0. The van der Waals surface area contributed by atoms with E-state index in [9.17, 15) is 9.90 Å². The monoisotopic (exact) mass is 322 g/mol. The van der Waals surface area contributed by atoms with E-state index in [1.54, 1.807) is 0 Å². The summed E-state index contributed by atoms with van der Waals surface area (Å²) >= 11 is 0. The van der Waals surface area contributed by atoms with E-state index in [-0.39, 0.29) is 17.6 Å². The maximum atomic E-state index is 13.2. The molecule has 24 heavy (non-hydrogen) atoms. The Morgan fingerprint density at radius 2 is 1.50 bits per heavy atom. The van der Waals surface area contributed by atoms with Gasteiger partial charge in [0.15, 0.2) is 0 Å². The molecule has 0 saturated heterocycles. The van der Waals surface area contributed by atoms with Crippen LogP contribution in [0.3, 0.4) is 0 Å². The van der Waals surface area contributed by atoms with Gasteiger partial charge in [0, 0.05) is 11.8 Å². The van der Waals surface area contributed by atoms with E-state index in [2.05, 4.69) is 12.1 Å². The third-order valence-corrected chi connectivity index (χ3v) is 5.18. The minimum Gasteiger partial charge on any atom is -0.388 e. The first-order valence-electron chi connectivity index (χ1n) is 9.06. The van der Waals surface area contributed by atoms with Crippen LogP contribution in [0.15, 0.2) is 60.7 Å². The van der Waals surface area contributed by atoms with Gasteiger partial charge in [0.1, 0.15) is 5.78 Å². The lowest BCUT2D eigenvalue weighted by atomic mass is 9.76. The predicted octanol–water partition coefficient (Wildman–Crippen LogP) is 4.73. The molecule has 0 aromatic heterocycles. The highest BCUT2D eigenvalue weighted by molar-refractivity contribution is 5.84. The summed E-state index contributed by atoms with van der Waals surface area (Å²) in [4.78, 5) is 13.2. The molecular weight excluding hydrogens is 296 g/mol. The second-order valence-corrected chi connectivity index (χ2v) is 6.89. The highest BCUT2D eigenvalue weighted by atomic mass is 16.3. The van der Waals surface area contributed by atoms with Gasteiger partial charge in [0.05, 0.1) is 6.10 Å². The average molecular weight is 322 g/mol. The Kier molecular flexibility index (Phi) is 5.81. The van der Waals surface area contributed by atoms with Gasteiger partial charge in [-0.2, -0.15) is 0 Å². The number of hydrogen-bond donors (Lipinski definition) is 1. The molecule has 1 fully saturated rings. The minimum atomic E-state index is -0.685. The van der Waals surface area contributed by atoms with Crippen molar-refractivity contribution in [2.75, 3.05) is 0 Å². The summed E-state index contributed by atoms with van der Waals surface area (Å²) < 4.78 is 0. The topological polar surface area (TPSA) is 37.3 Å². The summed E-state index contributed by atoms with van der Waals surface area (Å²) in [5.41, 5.74) is 2.07. The molecule has 3 unspecified atom stereocenters. The Hall–Kier alpha value is -1.93. The van der Waals surface area contributed by atoms with Crippen LogP contribution in [0.5, 0.6) is 0 Å². The maximum absolute atomic E-state index is 13.2. The number of aliphatic hydroxyl groups is 1. The summed E-state index contributed by atoms with van der Waals surface area (Å²) in [7, 11) is 0. The molecule has 0 amide bonds. The van der Waals surface area contributed by atoms with Crippen molar-refractivity contribution in [1.29, 1.82) is 0 Å². The van der Waals surface area contributed by atoms with E-state index in [4.69, 9.17) is 0 Å². The van der Waals surface area contributed by atoms with Gasteiger partial charge in [-0.15, -0.1) is 0 Å². The fourth-order valence-electron chi connectivity index (χ4n) is 3.82. The van der Waals surface area contributed by atoms with Crippen molar-refractivity contribution >= 4 is 5.78 Å². The van der Waals surface area contributed by atoms with Gasteiger partial charge in [-0.3, -0.25) is 4.79 Å². The van der Waals surface area contributed by atoms with Crippen LogP contribution in [0.2, 0.25) is 0 Å².